The fourth-order valence-corrected chi connectivity index (χ4v) is 4.33. The minimum atomic E-state index is 0.472. The molecule has 3 unspecified atom stereocenters. The normalized spacial score (nSPS) is 31.6. The number of piperidine rings is 1. The molecule has 112 valence electrons. The zero-order valence-corrected chi connectivity index (χ0v) is 13.0. The van der Waals surface area contributed by atoms with E-state index in [1.54, 1.807) is 0 Å². The van der Waals surface area contributed by atoms with Gasteiger partial charge in [-0.25, -0.2) is 0 Å². The summed E-state index contributed by atoms with van der Waals surface area (Å²) in [7, 11) is 2.32. The Kier molecular flexibility index (Phi) is 4.13. The number of aromatic nitrogens is 2. The molecule has 3 atom stereocenters. The lowest BCUT2D eigenvalue weighted by Crippen LogP contribution is -2.44. The Morgan fingerprint density at radius 3 is 2.60 bits per heavy atom. The standard InChI is InChI=1S/C16H28N4/c1-4-17-16(15-8-9-18-20(15)5-2)12-10-13-6-7-14(11-12)19(13)3/h8-9,12-14,16-17H,4-7,10-11H2,1-3H3. The highest BCUT2D eigenvalue weighted by Crippen LogP contribution is 2.42. The summed E-state index contributed by atoms with van der Waals surface area (Å²) in [4.78, 5) is 2.62. The van der Waals surface area contributed by atoms with Crippen molar-refractivity contribution >= 4 is 0 Å². The van der Waals surface area contributed by atoms with Gasteiger partial charge in [0.05, 0.1) is 11.7 Å². The van der Waals surface area contributed by atoms with Crippen LogP contribution in [-0.4, -0.2) is 40.4 Å². The van der Waals surface area contributed by atoms with Crippen molar-refractivity contribution < 1.29 is 0 Å². The Hall–Kier alpha value is -0.870. The summed E-state index contributed by atoms with van der Waals surface area (Å²) in [5, 5.41) is 8.20. The lowest BCUT2D eigenvalue weighted by atomic mass is 9.83. The predicted octanol–water partition coefficient (Wildman–Crippen LogP) is 2.43. The quantitative estimate of drug-likeness (QED) is 0.896. The molecule has 2 aliphatic rings. The van der Waals surface area contributed by atoms with Gasteiger partial charge in [-0.05, 0) is 58.2 Å². The van der Waals surface area contributed by atoms with Gasteiger partial charge in [0.25, 0.3) is 0 Å². The maximum Gasteiger partial charge on any atom is 0.0556 e. The molecule has 0 aliphatic carbocycles. The van der Waals surface area contributed by atoms with Gasteiger partial charge in [-0.2, -0.15) is 5.10 Å². The molecule has 1 aromatic rings. The Morgan fingerprint density at radius 2 is 2.00 bits per heavy atom. The lowest BCUT2D eigenvalue weighted by molar-refractivity contribution is 0.110. The average Bonchev–Trinajstić information content (AvgIpc) is 2.97. The fourth-order valence-electron chi connectivity index (χ4n) is 4.33. The van der Waals surface area contributed by atoms with E-state index in [4.69, 9.17) is 0 Å². The summed E-state index contributed by atoms with van der Waals surface area (Å²) in [6.45, 7) is 6.38. The molecule has 3 rings (SSSR count). The molecule has 2 bridgehead atoms. The van der Waals surface area contributed by atoms with Crippen molar-refractivity contribution in [3.63, 3.8) is 0 Å². The molecular weight excluding hydrogens is 248 g/mol. The van der Waals surface area contributed by atoms with Crippen molar-refractivity contribution in [2.45, 2.75) is 64.2 Å². The number of hydrogen-bond acceptors (Lipinski definition) is 3. The molecule has 20 heavy (non-hydrogen) atoms. The van der Waals surface area contributed by atoms with Gasteiger partial charge in [0.15, 0.2) is 0 Å². The molecule has 0 radical (unpaired) electrons. The van der Waals surface area contributed by atoms with Crippen LogP contribution in [-0.2, 0) is 6.54 Å². The Balaban J connectivity index is 1.81. The van der Waals surface area contributed by atoms with Crippen LogP contribution < -0.4 is 5.32 Å². The molecule has 4 heteroatoms. The maximum absolute atomic E-state index is 4.47. The predicted molar refractivity (Wildman–Crippen MR) is 81.6 cm³/mol. The van der Waals surface area contributed by atoms with E-state index < -0.39 is 0 Å². The zero-order valence-electron chi connectivity index (χ0n) is 13.0. The molecular formula is C16H28N4. The minimum absolute atomic E-state index is 0.472. The fraction of sp³-hybridized carbons (Fsp3) is 0.812. The van der Waals surface area contributed by atoms with E-state index in [1.807, 2.05) is 6.20 Å². The third-order valence-electron chi connectivity index (χ3n) is 5.40. The monoisotopic (exact) mass is 276 g/mol. The van der Waals surface area contributed by atoms with Crippen LogP contribution in [0, 0.1) is 5.92 Å². The van der Waals surface area contributed by atoms with E-state index in [9.17, 15) is 0 Å². The van der Waals surface area contributed by atoms with Gasteiger partial charge in [-0.1, -0.05) is 6.92 Å². The van der Waals surface area contributed by atoms with Crippen molar-refractivity contribution in [3.05, 3.63) is 18.0 Å². The van der Waals surface area contributed by atoms with Gasteiger partial charge in [0, 0.05) is 24.8 Å². The number of fused-ring (bicyclic) bond motifs is 2. The van der Waals surface area contributed by atoms with E-state index in [2.05, 4.69) is 47.0 Å². The highest BCUT2D eigenvalue weighted by Gasteiger charge is 2.41. The van der Waals surface area contributed by atoms with E-state index in [-0.39, 0.29) is 0 Å². The molecule has 1 N–H and O–H groups in total. The van der Waals surface area contributed by atoms with Crippen LogP contribution in [0.5, 0.6) is 0 Å². The van der Waals surface area contributed by atoms with Crippen molar-refractivity contribution in [2.24, 2.45) is 5.92 Å². The summed E-state index contributed by atoms with van der Waals surface area (Å²) in [5.74, 6) is 0.755. The Bertz CT molecular complexity index is 427. The summed E-state index contributed by atoms with van der Waals surface area (Å²) in [6, 6.07) is 4.28. The van der Waals surface area contributed by atoms with Crippen LogP contribution in [0.2, 0.25) is 0 Å². The third kappa shape index (κ3) is 2.40. The molecule has 2 aliphatic heterocycles. The number of hydrogen-bond donors (Lipinski definition) is 1. The van der Waals surface area contributed by atoms with Crippen molar-refractivity contribution in [2.75, 3.05) is 13.6 Å². The van der Waals surface area contributed by atoms with Crippen molar-refractivity contribution in [1.82, 2.24) is 20.0 Å². The molecule has 3 heterocycles. The molecule has 0 aromatic carbocycles. The van der Waals surface area contributed by atoms with Crippen molar-refractivity contribution in [1.29, 1.82) is 0 Å². The first kappa shape index (κ1) is 14.1. The van der Waals surface area contributed by atoms with E-state index in [0.717, 1.165) is 31.1 Å². The first-order valence-electron chi connectivity index (χ1n) is 8.21. The van der Waals surface area contributed by atoms with E-state index >= 15 is 0 Å². The molecule has 0 amide bonds. The third-order valence-corrected chi connectivity index (χ3v) is 5.40. The second-order valence-corrected chi connectivity index (χ2v) is 6.39. The van der Waals surface area contributed by atoms with Gasteiger partial charge in [0.2, 0.25) is 0 Å². The van der Waals surface area contributed by atoms with Gasteiger partial charge in [0.1, 0.15) is 0 Å². The minimum Gasteiger partial charge on any atom is -0.309 e. The Morgan fingerprint density at radius 1 is 1.30 bits per heavy atom. The first-order chi connectivity index (χ1) is 9.74. The van der Waals surface area contributed by atoms with Gasteiger partial charge in [-0.15, -0.1) is 0 Å². The summed E-state index contributed by atoms with van der Waals surface area (Å²) < 4.78 is 2.16. The number of nitrogens with one attached hydrogen (secondary N) is 1. The molecule has 0 saturated carbocycles. The smallest absolute Gasteiger partial charge is 0.0556 e. The molecule has 2 saturated heterocycles. The molecule has 2 fully saturated rings. The molecule has 0 spiro atoms. The van der Waals surface area contributed by atoms with Crippen LogP contribution in [0.3, 0.4) is 0 Å². The second-order valence-electron chi connectivity index (χ2n) is 6.39. The van der Waals surface area contributed by atoms with Crippen molar-refractivity contribution in [3.8, 4) is 0 Å². The molecule has 4 nitrogen and oxygen atoms in total. The summed E-state index contributed by atoms with van der Waals surface area (Å²) in [5.41, 5.74) is 1.38. The van der Waals surface area contributed by atoms with Crippen LogP contribution in [0.1, 0.15) is 51.3 Å². The number of rotatable bonds is 5. The zero-order chi connectivity index (χ0) is 14.1. The highest BCUT2D eigenvalue weighted by molar-refractivity contribution is 5.11. The first-order valence-corrected chi connectivity index (χ1v) is 8.21. The van der Waals surface area contributed by atoms with Gasteiger partial charge in [-0.3, -0.25) is 4.68 Å². The van der Waals surface area contributed by atoms with E-state index in [1.165, 1.54) is 31.4 Å². The second kappa shape index (κ2) is 5.86. The SMILES string of the molecule is CCNC(c1ccnn1CC)C1CC2CCC(C1)N2C. The lowest BCUT2D eigenvalue weighted by Gasteiger charge is -2.40. The number of nitrogens with zero attached hydrogens (tertiary/aromatic N) is 3. The van der Waals surface area contributed by atoms with Crippen LogP contribution in [0.25, 0.3) is 0 Å². The van der Waals surface area contributed by atoms with Crippen LogP contribution >= 0.6 is 0 Å². The summed E-state index contributed by atoms with van der Waals surface area (Å²) >= 11 is 0. The topological polar surface area (TPSA) is 33.1 Å². The average molecular weight is 276 g/mol. The summed E-state index contributed by atoms with van der Waals surface area (Å²) in [6.07, 6.45) is 7.40. The van der Waals surface area contributed by atoms with Crippen LogP contribution in [0.15, 0.2) is 12.3 Å². The van der Waals surface area contributed by atoms with Gasteiger partial charge < -0.3 is 10.2 Å². The Labute approximate surface area is 122 Å². The number of aryl methyl sites for hydroxylation is 1. The van der Waals surface area contributed by atoms with E-state index in [0.29, 0.717) is 6.04 Å². The van der Waals surface area contributed by atoms with Gasteiger partial charge >= 0.3 is 0 Å². The largest absolute Gasteiger partial charge is 0.309 e. The maximum atomic E-state index is 4.47. The van der Waals surface area contributed by atoms with Crippen LogP contribution in [0.4, 0.5) is 0 Å². The highest BCUT2D eigenvalue weighted by atomic mass is 15.3. The molecule has 1 aromatic heterocycles.